The van der Waals surface area contributed by atoms with E-state index in [0.717, 1.165) is 32.1 Å². The molecule has 0 aliphatic heterocycles. The van der Waals surface area contributed by atoms with Crippen LogP contribution in [0.2, 0.25) is 0 Å². The molecule has 0 amide bonds. The summed E-state index contributed by atoms with van der Waals surface area (Å²) in [6.45, 7) is 5.86. The Morgan fingerprint density at radius 3 is 2.79 bits per heavy atom. The van der Waals surface area contributed by atoms with Gasteiger partial charge in [0.1, 0.15) is 0 Å². The van der Waals surface area contributed by atoms with E-state index < -0.39 is 17.8 Å². The summed E-state index contributed by atoms with van der Waals surface area (Å²) in [5, 5.41) is 31.1. The van der Waals surface area contributed by atoms with Crippen molar-refractivity contribution in [2.45, 2.75) is 83.5 Å². The molecular formula is C25H36O4. The summed E-state index contributed by atoms with van der Waals surface area (Å²) < 4.78 is 0. The van der Waals surface area contributed by atoms with Gasteiger partial charge in [0.25, 0.3) is 0 Å². The highest BCUT2D eigenvalue weighted by Gasteiger charge is 2.57. The lowest BCUT2D eigenvalue weighted by Crippen LogP contribution is -2.45. The number of fused-ring (bicyclic) bond motifs is 6. The van der Waals surface area contributed by atoms with Crippen LogP contribution in [0.3, 0.4) is 0 Å². The first-order chi connectivity index (χ1) is 13.6. The standard InChI is InChI=1S/C25H36O4/c1-15(26)8-11-25(3,29)23-7-6-21-20-14-22(28)17-12-16(4-5-18(27)13-17)19(20)9-10-24(21,23)2/h4,8,11,14-15,17-19,21,23,26-27,29H,5-7,9-10,12-13H2,1-3H3/b11-8+/t15-,17-,18-,19+,21-,23?,24-,25?/m0/s1. The summed E-state index contributed by atoms with van der Waals surface area (Å²) in [7, 11) is 0. The first-order valence-corrected chi connectivity index (χ1v) is 11.3. The molecule has 4 nitrogen and oxygen atoms in total. The van der Waals surface area contributed by atoms with Gasteiger partial charge in [0.05, 0.1) is 17.8 Å². The summed E-state index contributed by atoms with van der Waals surface area (Å²) in [5.74, 6) is 0.838. The van der Waals surface area contributed by atoms with Gasteiger partial charge >= 0.3 is 0 Å². The zero-order valence-corrected chi connectivity index (χ0v) is 18.0. The number of hydrogen-bond donors (Lipinski definition) is 3. The van der Waals surface area contributed by atoms with Crippen molar-refractivity contribution in [3.8, 4) is 0 Å². The highest BCUT2D eigenvalue weighted by atomic mass is 16.3. The van der Waals surface area contributed by atoms with Crippen molar-refractivity contribution in [3.63, 3.8) is 0 Å². The van der Waals surface area contributed by atoms with E-state index in [1.165, 1.54) is 11.1 Å². The maximum Gasteiger partial charge on any atom is 0.159 e. The van der Waals surface area contributed by atoms with Gasteiger partial charge in [-0.1, -0.05) is 36.3 Å². The minimum atomic E-state index is -0.973. The lowest BCUT2D eigenvalue weighted by Gasteiger charge is -2.49. The molecule has 8 atom stereocenters. The van der Waals surface area contributed by atoms with Gasteiger partial charge in [-0.05, 0) is 82.1 Å². The van der Waals surface area contributed by atoms with Gasteiger partial charge in [0.15, 0.2) is 5.78 Å². The normalized spacial score (nSPS) is 42.8. The first-order valence-electron chi connectivity index (χ1n) is 11.3. The fourth-order valence-electron chi connectivity index (χ4n) is 6.95. The third-order valence-electron chi connectivity index (χ3n) is 8.38. The van der Waals surface area contributed by atoms with Crippen LogP contribution < -0.4 is 0 Å². The van der Waals surface area contributed by atoms with Gasteiger partial charge in [0.2, 0.25) is 0 Å². The van der Waals surface area contributed by atoms with Crippen molar-refractivity contribution in [3.05, 3.63) is 35.5 Å². The molecule has 2 bridgehead atoms. The second-order valence-corrected chi connectivity index (χ2v) is 10.5. The van der Waals surface area contributed by atoms with Crippen LogP contribution in [0.4, 0.5) is 0 Å². The van der Waals surface area contributed by atoms with Crippen LogP contribution in [0.15, 0.2) is 35.5 Å². The lowest BCUT2D eigenvalue weighted by atomic mass is 9.57. The Bertz CT molecular complexity index is 759. The maximum atomic E-state index is 13.0. The number of aliphatic hydroxyl groups excluding tert-OH is 2. The summed E-state index contributed by atoms with van der Waals surface area (Å²) in [6.07, 6.45) is 12.6. The summed E-state index contributed by atoms with van der Waals surface area (Å²) in [5.41, 5.74) is 1.62. The van der Waals surface area contributed by atoms with E-state index in [4.69, 9.17) is 0 Å². The smallest absolute Gasteiger partial charge is 0.159 e. The molecule has 4 rings (SSSR count). The zero-order valence-electron chi connectivity index (χ0n) is 18.0. The summed E-state index contributed by atoms with van der Waals surface area (Å²) >= 11 is 0. The molecule has 29 heavy (non-hydrogen) atoms. The van der Waals surface area contributed by atoms with Gasteiger partial charge in [-0.2, -0.15) is 0 Å². The zero-order chi connectivity index (χ0) is 21.0. The van der Waals surface area contributed by atoms with E-state index in [9.17, 15) is 20.1 Å². The Morgan fingerprint density at radius 1 is 1.31 bits per heavy atom. The second-order valence-electron chi connectivity index (χ2n) is 10.5. The fraction of sp³-hybridized carbons (Fsp3) is 0.720. The summed E-state index contributed by atoms with van der Waals surface area (Å²) in [6, 6.07) is 0. The molecule has 160 valence electrons. The molecule has 4 aliphatic carbocycles. The van der Waals surface area contributed by atoms with E-state index in [2.05, 4.69) is 13.0 Å². The predicted molar refractivity (Wildman–Crippen MR) is 113 cm³/mol. The molecule has 0 aromatic carbocycles. The topological polar surface area (TPSA) is 77.8 Å². The predicted octanol–water partition coefficient (Wildman–Crippen LogP) is 3.71. The number of carbonyl (C=O) groups is 1. The van der Waals surface area contributed by atoms with E-state index in [1.54, 1.807) is 19.1 Å². The van der Waals surface area contributed by atoms with E-state index in [-0.39, 0.29) is 23.0 Å². The Morgan fingerprint density at radius 2 is 2.07 bits per heavy atom. The largest absolute Gasteiger partial charge is 0.393 e. The maximum absolute atomic E-state index is 13.0. The minimum Gasteiger partial charge on any atom is -0.393 e. The van der Waals surface area contributed by atoms with Gasteiger partial charge in [0, 0.05) is 11.8 Å². The van der Waals surface area contributed by atoms with E-state index in [0.29, 0.717) is 24.7 Å². The monoisotopic (exact) mass is 400 g/mol. The molecule has 0 heterocycles. The van der Waals surface area contributed by atoms with Crippen LogP contribution in [-0.2, 0) is 4.79 Å². The molecule has 4 aliphatic rings. The number of rotatable bonds is 3. The number of hydrogen-bond acceptors (Lipinski definition) is 4. The molecule has 3 N–H and O–H groups in total. The van der Waals surface area contributed by atoms with Crippen LogP contribution in [0.5, 0.6) is 0 Å². The molecule has 0 radical (unpaired) electrons. The highest BCUT2D eigenvalue weighted by molar-refractivity contribution is 5.93. The number of carbonyl (C=O) groups excluding carboxylic acids is 1. The number of ketones is 1. The van der Waals surface area contributed by atoms with Crippen molar-refractivity contribution in [2.24, 2.45) is 29.1 Å². The van der Waals surface area contributed by atoms with Crippen molar-refractivity contribution >= 4 is 5.78 Å². The molecule has 4 heteroatoms. The van der Waals surface area contributed by atoms with E-state index in [1.807, 2.05) is 13.0 Å². The van der Waals surface area contributed by atoms with Gasteiger partial charge in [-0.3, -0.25) is 4.79 Å². The quantitative estimate of drug-likeness (QED) is 0.631. The Hall–Kier alpha value is -1.23. The molecule has 0 aromatic heterocycles. The van der Waals surface area contributed by atoms with Crippen LogP contribution >= 0.6 is 0 Å². The average molecular weight is 401 g/mol. The van der Waals surface area contributed by atoms with Crippen LogP contribution in [0, 0.1) is 29.1 Å². The Labute approximate surface area is 174 Å². The van der Waals surface area contributed by atoms with Crippen molar-refractivity contribution < 1.29 is 20.1 Å². The molecule has 2 unspecified atom stereocenters. The van der Waals surface area contributed by atoms with Gasteiger partial charge in [-0.25, -0.2) is 0 Å². The minimum absolute atomic E-state index is 0.0519. The van der Waals surface area contributed by atoms with Crippen molar-refractivity contribution in [1.29, 1.82) is 0 Å². The van der Waals surface area contributed by atoms with Gasteiger partial charge in [-0.15, -0.1) is 0 Å². The molecule has 2 fully saturated rings. The Balaban J connectivity index is 1.67. The number of aliphatic hydroxyl groups is 3. The fourth-order valence-corrected chi connectivity index (χ4v) is 6.95. The Kier molecular flexibility index (Phi) is 5.42. The molecule has 0 aromatic rings. The third kappa shape index (κ3) is 3.68. The van der Waals surface area contributed by atoms with Gasteiger partial charge < -0.3 is 15.3 Å². The third-order valence-corrected chi connectivity index (χ3v) is 8.38. The number of allylic oxidation sites excluding steroid dienone is 3. The van der Waals surface area contributed by atoms with Crippen molar-refractivity contribution in [2.75, 3.05) is 0 Å². The summed E-state index contributed by atoms with van der Waals surface area (Å²) in [4.78, 5) is 13.0. The second kappa shape index (κ2) is 7.47. The molecule has 0 saturated heterocycles. The molecule has 0 spiro atoms. The van der Waals surface area contributed by atoms with Crippen LogP contribution in [-0.4, -0.2) is 38.9 Å². The average Bonchev–Trinajstić information content (AvgIpc) is 2.81. The van der Waals surface area contributed by atoms with Crippen LogP contribution in [0.1, 0.15) is 65.7 Å². The van der Waals surface area contributed by atoms with Crippen LogP contribution in [0.25, 0.3) is 0 Å². The van der Waals surface area contributed by atoms with E-state index >= 15 is 0 Å². The van der Waals surface area contributed by atoms with Crippen molar-refractivity contribution in [1.82, 2.24) is 0 Å². The SMILES string of the molecule is C[C@H](O)/C=C/C(C)(O)C1CC[C@H]2C3=CC(=O)[C@H]4CC(=CC[C@H](O)C4)[C@H]3CC[C@]12C. The lowest BCUT2D eigenvalue weighted by molar-refractivity contribution is -0.119. The first kappa shape index (κ1) is 21.0. The molecule has 2 saturated carbocycles. The highest BCUT2D eigenvalue weighted by Crippen LogP contribution is 2.63. The molecular weight excluding hydrogens is 364 g/mol.